The molecule has 2 nitrogen and oxygen atoms in total. The van der Waals surface area contributed by atoms with Gasteiger partial charge in [-0.1, -0.05) is 32.0 Å². The predicted molar refractivity (Wildman–Crippen MR) is 63.7 cm³/mol. The van der Waals surface area contributed by atoms with Gasteiger partial charge in [0.05, 0.1) is 0 Å². The normalized spacial score (nSPS) is 11.1. The zero-order valence-electron chi connectivity index (χ0n) is 9.20. The van der Waals surface area contributed by atoms with E-state index in [-0.39, 0.29) is 0 Å². The van der Waals surface area contributed by atoms with Gasteiger partial charge < -0.3 is 5.32 Å². The van der Waals surface area contributed by atoms with Crippen molar-refractivity contribution in [2.75, 3.05) is 0 Å². The quantitative estimate of drug-likeness (QED) is 0.824. The van der Waals surface area contributed by atoms with Crippen LogP contribution in [-0.4, -0.2) is 11.0 Å². The maximum Gasteiger partial charge on any atom is 0.0349 e. The molecule has 1 N–H and O–H groups in total. The summed E-state index contributed by atoms with van der Waals surface area (Å²) in [4.78, 5) is 4.17. The molecule has 0 unspecified atom stereocenters. The number of rotatable bonds is 3. The summed E-state index contributed by atoms with van der Waals surface area (Å²) in [5, 5.41) is 5.93. The summed E-state index contributed by atoms with van der Waals surface area (Å²) in [5.41, 5.74) is 1.31. The second-order valence-corrected chi connectivity index (χ2v) is 4.05. The van der Waals surface area contributed by atoms with Crippen molar-refractivity contribution in [2.24, 2.45) is 0 Å². The van der Waals surface area contributed by atoms with Crippen LogP contribution in [-0.2, 0) is 6.54 Å². The molecule has 0 radical (unpaired) electrons. The summed E-state index contributed by atoms with van der Waals surface area (Å²) < 4.78 is 0. The average molecular weight is 200 g/mol. The molecule has 0 aliphatic carbocycles. The number of hydrogen-bond acceptors (Lipinski definition) is 2. The Morgan fingerprint density at radius 3 is 2.93 bits per heavy atom. The Hall–Kier alpha value is -1.41. The van der Waals surface area contributed by atoms with Crippen LogP contribution in [0.4, 0.5) is 0 Å². The van der Waals surface area contributed by atoms with Crippen LogP contribution in [0.25, 0.3) is 10.8 Å². The highest BCUT2D eigenvalue weighted by molar-refractivity contribution is 5.84. The first-order valence-corrected chi connectivity index (χ1v) is 5.32. The van der Waals surface area contributed by atoms with Gasteiger partial charge >= 0.3 is 0 Å². The van der Waals surface area contributed by atoms with Gasteiger partial charge in [-0.3, -0.25) is 4.98 Å². The highest BCUT2D eigenvalue weighted by Gasteiger charge is 2.00. The van der Waals surface area contributed by atoms with Crippen molar-refractivity contribution in [3.8, 4) is 0 Å². The Morgan fingerprint density at radius 2 is 2.13 bits per heavy atom. The molecule has 0 saturated carbocycles. The maximum atomic E-state index is 4.17. The van der Waals surface area contributed by atoms with Crippen LogP contribution in [0.1, 0.15) is 19.4 Å². The highest BCUT2D eigenvalue weighted by Crippen LogP contribution is 2.16. The smallest absolute Gasteiger partial charge is 0.0349 e. The standard InChI is InChI=1S/C13H16N2/c1-10(2)15-8-12-5-3-4-11-6-7-14-9-13(11)12/h3-7,9-10,15H,8H2,1-2H3. The third-order valence-electron chi connectivity index (χ3n) is 2.47. The van der Waals surface area contributed by atoms with Crippen LogP contribution >= 0.6 is 0 Å². The summed E-state index contributed by atoms with van der Waals surface area (Å²) in [5.74, 6) is 0. The zero-order valence-corrected chi connectivity index (χ0v) is 9.20. The van der Waals surface area contributed by atoms with Crippen LogP contribution in [0.5, 0.6) is 0 Å². The van der Waals surface area contributed by atoms with E-state index in [9.17, 15) is 0 Å². The number of fused-ring (bicyclic) bond motifs is 1. The number of nitrogens with zero attached hydrogens (tertiary/aromatic N) is 1. The van der Waals surface area contributed by atoms with E-state index < -0.39 is 0 Å². The van der Waals surface area contributed by atoms with Gasteiger partial charge in [0.25, 0.3) is 0 Å². The van der Waals surface area contributed by atoms with Crippen molar-refractivity contribution in [1.82, 2.24) is 10.3 Å². The van der Waals surface area contributed by atoms with E-state index in [0.29, 0.717) is 6.04 Å². The molecule has 0 spiro atoms. The van der Waals surface area contributed by atoms with E-state index in [0.717, 1.165) is 6.54 Å². The second kappa shape index (κ2) is 4.41. The van der Waals surface area contributed by atoms with Crippen molar-refractivity contribution >= 4 is 10.8 Å². The molecule has 0 saturated heterocycles. The van der Waals surface area contributed by atoms with Crippen molar-refractivity contribution < 1.29 is 0 Å². The first-order chi connectivity index (χ1) is 7.27. The van der Waals surface area contributed by atoms with Crippen molar-refractivity contribution in [3.05, 3.63) is 42.2 Å². The molecular weight excluding hydrogens is 184 g/mol. The zero-order chi connectivity index (χ0) is 10.7. The third-order valence-corrected chi connectivity index (χ3v) is 2.47. The summed E-state index contributed by atoms with van der Waals surface area (Å²) in [6.45, 7) is 5.22. The molecule has 2 rings (SSSR count). The van der Waals surface area contributed by atoms with Crippen LogP contribution in [0, 0.1) is 0 Å². The molecule has 2 heteroatoms. The molecule has 0 aliphatic heterocycles. The summed E-state index contributed by atoms with van der Waals surface area (Å²) in [6, 6.07) is 8.93. The Balaban J connectivity index is 2.34. The van der Waals surface area contributed by atoms with Crippen molar-refractivity contribution in [2.45, 2.75) is 26.4 Å². The van der Waals surface area contributed by atoms with E-state index in [4.69, 9.17) is 0 Å². The van der Waals surface area contributed by atoms with E-state index in [1.54, 1.807) is 0 Å². The van der Waals surface area contributed by atoms with Crippen LogP contribution in [0.15, 0.2) is 36.7 Å². The van der Waals surface area contributed by atoms with Crippen LogP contribution < -0.4 is 5.32 Å². The van der Waals surface area contributed by atoms with Gasteiger partial charge in [-0.25, -0.2) is 0 Å². The molecule has 78 valence electrons. The number of pyridine rings is 1. The molecule has 0 bridgehead atoms. The molecule has 15 heavy (non-hydrogen) atoms. The highest BCUT2D eigenvalue weighted by atomic mass is 14.9. The van der Waals surface area contributed by atoms with Gasteiger partial charge in [0, 0.05) is 30.4 Å². The van der Waals surface area contributed by atoms with E-state index in [1.165, 1.54) is 16.3 Å². The first kappa shape index (κ1) is 10.1. The number of aromatic nitrogens is 1. The lowest BCUT2D eigenvalue weighted by Gasteiger charge is -2.10. The minimum absolute atomic E-state index is 0.511. The lowest BCUT2D eigenvalue weighted by molar-refractivity contribution is 0.590. The topological polar surface area (TPSA) is 24.9 Å². The molecule has 0 amide bonds. The molecular formula is C13H16N2. The summed E-state index contributed by atoms with van der Waals surface area (Å²) in [7, 11) is 0. The SMILES string of the molecule is CC(C)NCc1cccc2ccncc12. The second-order valence-electron chi connectivity index (χ2n) is 4.05. The Kier molecular flexibility index (Phi) is 2.97. The van der Waals surface area contributed by atoms with E-state index >= 15 is 0 Å². The van der Waals surface area contributed by atoms with E-state index in [1.807, 2.05) is 18.5 Å². The average Bonchev–Trinajstić information content (AvgIpc) is 2.26. The fraction of sp³-hybridized carbons (Fsp3) is 0.308. The largest absolute Gasteiger partial charge is 0.310 e. The van der Waals surface area contributed by atoms with Gasteiger partial charge in [-0.2, -0.15) is 0 Å². The number of hydrogen-bond donors (Lipinski definition) is 1. The Bertz CT molecular complexity index is 444. The third kappa shape index (κ3) is 2.34. The minimum atomic E-state index is 0.511. The predicted octanol–water partition coefficient (Wildman–Crippen LogP) is 2.73. The van der Waals surface area contributed by atoms with Crippen molar-refractivity contribution in [3.63, 3.8) is 0 Å². The molecule has 2 aromatic rings. The molecule has 1 aromatic carbocycles. The lowest BCUT2D eigenvalue weighted by atomic mass is 10.1. The van der Waals surface area contributed by atoms with Gasteiger partial charge in [0.2, 0.25) is 0 Å². The first-order valence-electron chi connectivity index (χ1n) is 5.32. The monoisotopic (exact) mass is 200 g/mol. The molecule has 1 aromatic heterocycles. The van der Waals surface area contributed by atoms with Gasteiger partial charge in [-0.05, 0) is 17.0 Å². The van der Waals surface area contributed by atoms with Gasteiger partial charge in [0.1, 0.15) is 0 Å². The van der Waals surface area contributed by atoms with Crippen LogP contribution in [0.3, 0.4) is 0 Å². The van der Waals surface area contributed by atoms with Gasteiger partial charge in [0.15, 0.2) is 0 Å². The molecule has 0 aliphatic rings. The Labute approximate surface area is 90.3 Å². The summed E-state index contributed by atoms with van der Waals surface area (Å²) in [6.07, 6.45) is 3.77. The van der Waals surface area contributed by atoms with E-state index in [2.05, 4.69) is 42.3 Å². The lowest BCUT2D eigenvalue weighted by Crippen LogP contribution is -2.21. The molecule has 0 atom stereocenters. The van der Waals surface area contributed by atoms with Crippen molar-refractivity contribution in [1.29, 1.82) is 0 Å². The molecule has 1 heterocycles. The molecule has 0 fully saturated rings. The number of nitrogens with one attached hydrogen (secondary N) is 1. The van der Waals surface area contributed by atoms with Crippen LogP contribution in [0.2, 0.25) is 0 Å². The Morgan fingerprint density at radius 1 is 1.27 bits per heavy atom. The summed E-state index contributed by atoms with van der Waals surface area (Å²) >= 11 is 0. The fourth-order valence-electron chi connectivity index (χ4n) is 1.64. The van der Waals surface area contributed by atoms with Gasteiger partial charge in [-0.15, -0.1) is 0 Å². The maximum absolute atomic E-state index is 4.17. The number of benzene rings is 1. The fourth-order valence-corrected chi connectivity index (χ4v) is 1.64. The minimum Gasteiger partial charge on any atom is -0.310 e.